The van der Waals surface area contributed by atoms with Gasteiger partial charge in [-0.15, -0.1) is 11.3 Å². The summed E-state index contributed by atoms with van der Waals surface area (Å²) in [4.78, 5) is 12.2. The summed E-state index contributed by atoms with van der Waals surface area (Å²) in [7, 11) is -1.54. The Balaban J connectivity index is 2.85. The van der Waals surface area contributed by atoms with Crippen LogP contribution in [0.25, 0.3) is 10.1 Å². The predicted octanol–water partition coefficient (Wildman–Crippen LogP) is 2.55. The van der Waals surface area contributed by atoms with Crippen LogP contribution in [0, 0.1) is 0 Å². The molecule has 0 aliphatic rings. The summed E-state index contributed by atoms with van der Waals surface area (Å²) in [6.07, 6.45) is 0. The van der Waals surface area contributed by atoms with Crippen molar-refractivity contribution in [2.45, 2.75) is 19.6 Å². The van der Waals surface area contributed by atoms with E-state index in [4.69, 9.17) is 5.73 Å². The first kappa shape index (κ1) is 11.4. The summed E-state index contributed by atoms with van der Waals surface area (Å²) in [5.41, 5.74) is 5.47. The average molecular weight is 249 g/mol. The summed E-state index contributed by atoms with van der Waals surface area (Å²) in [6.45, 7) is 6.73. The molecule has 84 valence electrons. The number of amides is 1. The van der Waals surface area contributed by atoms with Gasteiger partial charge in [-0.05, 0) is 16.6 Å². The van der Waals surface area contributed by atoms with Crippen LogP contribution in [0.5, 0.6) is 0 Å². The zero-order chi connectivity index (χ0) is 11.9. The van der Waals surface area contributed by atoms with Gasteiger partial charge in [0.15, 0.2) is 0 Å². The van der Waals surface area contributed by atoms with E-state index in [-0.39, 0.29) is 5.91 Å². The van der Waals surface area contributed by atoms with Crippen LogP contribution < -0.4 is 10.9 Å². The third-order valence-electron chi connectivity index (χ3n) is 2.57. The molecular formula is C12H15NOSSi. The van der Waals surface area contributed by atoms with Crippen LogP contribution in [0.1, 0.15) is 9.67 Å². The first-order valence-electron chi connectivity index (χ1n) is 5.23. The molecule has 0 spiro atoms. The van der Waals surface area contributed by atoms with Crippen molar-refractivity contribution in [1.29, 1.82) is 0 Å². The van der Waals surface area contributed by atoms with Crippen molar-refractivity contribution in [1.82, 2.24) is 0 Å². The molecule has 1 aromatic carbocycles. The van der Waals surface area contributed by atoms with Crippen LogP contribution in [-0.2, 0) is 0 Å². The van der Waals surface area contributed by atoms with Crippen LogP contribution in [0.3, 0.4) is 0 Å². The lowest BCUT2D eigenvalue weighted by Gasteiger charge is -2.17. The van der Waals surface area contributed by atoms with Crippen LogP contribution in [-0.4, -0.2) is 14.0 Å². The van der Waals surface area contributed by atoms with Crippen LogP contribution >= 0.6 is 11.3 Å². The van der Waals surface area contributed by atoms with E-state index < -0.39 is 8.07 Å². The molecule has 0 radical (unpaired) electrons. The molecule has 0 fully saturated rings. The molecule has 16 heavy (non-hydrogen) atoms. The number of nitrogens with two attached hydrogens (primary N) is 1. The fraction of sp³-hybridized carbons (Fsp3) is 0.250. The molecule has 0 aliphatic heterocycles. The Morgan fingerprint density at radius 3 is 2.44 bits per heavy atom. The topological polar surface area (TPSA) is 43.1 Å². The molecule has 1 amide bonds. The first-order chi connectivity index (χ1) is 7.41. The van der Waals surface area contributed by atoms with Gasteiger partial charge in [-0.3, -0.25) is 4.79 Å². The Hall–Kier alpha value is -1.13. The second-order valence-electron chi connectivity index (χ2n) is 4.92. The Morgan fingerprint density at radius 1 is 1.25 bits per heavy atom. The standard InChI is InChI=1S/C12H15NOSSi/c1-16(2,3)11-8-6-4-5-7-9(8)15-10(11)12(13)14/h4-7H,1-3H3,(H2,13,14). The molecule has 0 unspecified atom stereocenters. The number of carbonyl (C=O) groups excluding carboxylic acids is 1. The number of hydrogen-bond donors (Lipinski definition) is 1. The largest absolute Gasteiger partial charge is 0.365 e. The number of primary amides is 1. The minimum absolute atomic E-state index is 0.293. The van der Waals surface area contributed by atoms with E-state index in [0.717, 1.165) is 9.58 Å². The van der Waals surface area contributed by atoms with Crippen molar-refractivity contribution in [3.05, 3.63) is 29.1 Å². The van der Waals surface area contributed by atoms with E-state index in [1.807, 2.05) is 12.1 Å². The number of thiophene rings is 1. The lowest BCUT2D eigenvalue weighted by Crippen LogP contribution is -2.41. The smallest absolute Gasteiger partial charge is 0.258 e. The van der Waals surface area contributed by atoms with Gasteiger partial charge in [0.05, 0.1) is 13.0 Å². The number of hydrogen-bond acceptors (Lipinski definition) is 2. The quantitative estimate of drug-likeness (QED) is 0.817. The summed E-state index contributed by atoms with van der Waals surface area (Å²) in [5, 5.41) is 2.42. The third kappa shape index (κ3) is 1.78. The Kier molecular flexibility index (Phi) is 2.63. The van der Waals surface area contributed by atoms with Gasteiger partial charge in [-0.1, -0.05) is 37.8 Å². The zero-order valence-electron chi connectivity index (χ0n) is 9.70. The van der Waals surface area contributed by atoms with Gasteiger partial charge in [-0.2, -0.15) is 0 Å². The molecule has 0 saturated carbocycles. The Bertz CT molecular complexity index is 554. The Labute approximate surface area is 100 Å². The molecule has 0 saturated heterocycles. The average Bonchev–Trinajstić information content (AvgIpc) is 2.55. The maximum absolute atomic E-state index is 11.5. The van der Waals surface area contributed by atoms with E-state index in [1.165, 1.54) is 21.9 Å². The third-order valence-corrected chi connectivity index (χ3v) is 5.96. The fourth-order valence-electron chi connectivity index (χ4n) is 1.96. The summed E-state index contributed by atoms with van der Waals surface area (Å²) in [6, 6.07) is 8.16. The van der Waals surface area contributed by atoms with Gasteiger partial charge in [0.1, 0.15) is 0 Å². The van der Waals surface area contributed by atoms with Crippen LogP contribution in [0.4, 0.5) is 0 Å². The van der Waals surface area contributed by atoms with Crippen molar-refractivity contribution in [3.8, 4) is 0 Å². The van der Waals surface area contributed by atoms with E-state index in [0.29, 0.717) is 0 Å². The lowest BCUT2D eigenvalue weighted by molar-refractivity contribution is 0.100. The molecule has 1 heterocycles. The number of carbonyl (C=O) groups is 1. The molecule has 2 N–H and O–H groups in total. The highest BCUT2D eigenvalue weighted by Gasteiger charge is 2.27. The maximum Gasteiger partial charge on any atom is 0.258 e. The minimum Gasteiger partial charge on any atom is -0.365 e. The van der Waals surface area contributed by atoms with Crippen molar-refractivity contribution >= 4 is 40.6 Å². The van der Waals surface area contributed by atoms with E-state index in [2.05, 4.69) is 31.8 Å². The molecule has 1 aromatic heterocycles. The normalized spacial score (nSPS) is 11.9. The monoisotopic (exact) mass is 249 g/mol. The fourth-order valence-corrected chi connectivity index (χ4v) is 5.92. The molecule has 0 bridgehead atoms. The molecule has 4 heteroatoms. The van der Waals surface area contributed by atoms with Gasteiger partial charge >= 0.3 is 0 Å². The maximum atomic E-state index is 11.5. The molecule has 2 rings (SSSR count). The van der Waals surface area contributed by atoms with E-state index in [9.17, 15) is 4.79 Å². The van der Waals surface area contributed by atoms with Crippen LogP contribution in [0.15, 0.2) is 24.3 Å². The van der Waals surface area contributed by atoms with Gasteiger partial charge in [0.2, 0.25) is 0 Å². The van der Waals surface area contributed by atoms with E-state index in [1.54, 1.807) is 0 Å². The van der Waals surface area contributed by atoms with Crippen LogP contribution in [0.2, 0.25) is 19.6 Å². The summed E-state index contributed by atoms with van der Waals surface area (Å²) >= 11 is 1.52. The Morgan fingerprint density at radius 2 is 1.88 bits per heavy atom. The molecule has 2 nitrogen and oxygen atoms in total. The second kappa shape index (κ2) is 3.71. The van der Waals surface area contributed by atoms with Gasteiger partial charge in [-0.25, -0.2) is 0 Å². The molecular weight excluding hydrogens is 234 g/mol. The van der Waals surface area contributed by atoms with Gasteiger partial charge < -0.3 is 5.73 Å². The summed E-state index contributed by atoms with van der Waals surface area (Å²) in [5.74, 6) is -0.293. The highest BCUT2D eigenvalue weighted by atomic mass is 32.1. The highest BCUT2D eigenvalue weighted by molar-refractivity contribution is 7.23. The van der Waals surface area contributed by atoms with Crippen molar-refractivity contribution in [2.24, 2.45) is 5.73 Å². The minimum atomic E-state index is -1.54. The summed E-state index contributed by atoms with van der Waals surface area (Å²) < 4.78 is 1.16. The number of benzene rings is 1. The second-order valence-corrected chi connectivity index (χ2v) is 11.0. The van der Waals surface area contributed by atoms with E-state index >= 15 is 0 Å². The number of fused-ring (bicyclic) bond motifs is 1. The SMILES string of the molecule is C[Si](C)(C)c1c(C(N)=O)sc2ccccc12. The molecule has 2 aromatic rings. The van der Waals surface area contributed by atoms with Crippen molar-refractivity contribution < 1.29 is 4.79 Å². The first-order valence-corrected chi connectivity index (χ1v) is 9.54. The predicted molar refractivity (Wildman–Crippen MR) is 73.3 cm³/mol. The highest BCUT2D eigenvalue weighted by Crippen LogP contribution is 2.26. The zero-order valence-corrected chi connectivity index (χ0v) is 11.5. The van der Waals surface area contributed by atoms with Gasteiger partial charge in [0, 0.05) is 4.70 Å². The lowest BCUT2D eigenvalue weighted by atomic mass is 10.2. The van der Waals surface area contributed by atoms with Gasteiger partial charge in [0.25, 0.3) is 5.91 Å². The van der Waals surface area contributed by atoms with Crippen molar-refractivity contribution in [2.75, 3.05) is 0 Å². The molecule has 0 atom stereocenters. The van der Waals surface area contributed by atoms with Crippen molar-refractivity contribution in [3.63, 3.8) is 0 Å². The number of rotatable bonds is 2. The molecule has 0 aliphatic carbocycles.